The van der Waals surface area contributed by atoms with E-state index in [1.165, 1.54) is 31.9 Å². The van der Waals surface area contributed by atoms with Crippen LogP contribution < -0.4 is 31.3 Å². The molecule has 1 aromatic rings. The van der Waals surface area contributed by atoms with Gasteiger partial charge in [0.2, 0.25) is 23.6 Å². The maximum absolute atomic E-state index is 13.9. The highest BCUT2D eigenvalue weighted by Crippen LogP contribution is 2.37. The van der Waals surface area contributed by atoms with Gasteiger partial charge in [-0.1, -0.05) is 44.4 Å². The standard InChI is InChI=1S/C62H99N5O31/c1-7-8-9-10-11-12-13-14-15-19-87-32-18-16-17-31(20-32)56(85)67-39-45(78)44(77)33(21-68)91-58(39)95-52-34(22-69)92-59(40(47(52)80)64-28(4)73)96-53-35(23-70)93-60(41(48(53)81)65-29(5)74)97-54-36(24-71)94-61(42(49(54)82)66-30(6)75)98-55-37(90-57(86)38(46(55)79)63-27(3)72)25-88-62-51(84)50(83)43(76)26(2)89-62/h12-13,16-18,20,26,33-55,57-62,68-71,76-84,86H,7-11,14-15,19,21-25H2,1-6H3,(H,63,72)(H,64,73)(H,65,74)(H,66,75)(H,67,85)/b13-12-/t26?,33?,34?,35?,36?,37?,38-,39-,40-,41-,42-,43?,44?,45?,46?,47?,48?,49?,50?,51?,52?,53?,54?,55?,57?,58?,59?,60?,61?,62?/m0/s1. The SMILES string of the molecule is CCCCCC/C=C\CCCOc1cccc(C(=O)N[C@@H]2C(OC3C(CO)OC(OC4C(CO)OC(OC5C(CO)OC(OC6C(COC7OC(C)C(O)C(O)C7O)OC(O)[C@@H](NC(C)=O)C6O)[C@@H](NC(C)=O)C5O)[C@@H](NC(C)=O)C4O)[C@@H](NC(C)=O)C3O)OC(CO)C(O)C2O)c1. The van der Waals surface area contributed by atoms with Crippen molar-refractivity contribution in [2.24, 2.45) is 0 Å². The Morgan fingerprint density at radius 1 is 0.449 bits per heavy atom. The lowest BCUT2D eigenvalue weighted by molar-refractivity contribution is -0.368. The summed E-state index contributed by atoms with van der Waals surface area (Å²) in [5.74, 6) is -3.72. The molecule has 0 saturated carbocycles. The van der Waals surface area contributed by atoms with Gasteiger partial charge in [0.15, 0.2) is 37.7 Å². The van der Waals surface area contributed by atoms with E-state index in [0.717, 1.165) is 53.4 Å². The number of carbonyl (C=O) groups excluding carboxylic acids is 5. The Morgan fingerprint density at radius 2 is 0.878 bits per heavy atom. The third-order valence-corrected chi connectivity index (χ3v) is 17.6. The topological polar surface area (TPSA) is 539 Å². The fourth-order valence-corrected chi connectivity index (χ4v) is 12.4. The highest BCUT2D eigenvalue weighted by molar-refractivity contribution is 5.94. The van der Waals surface area contributed by atoms with E-state index in [2.05, 4.69) is 45.7 Å². The van der Waals surface area contributed by atoms with E-state index >= 15 is 0 Å². The van der Waals surface area contributed by atoms with Gasteiger partial charge in [-0.15, -0.1) is 0 Å². The number of ether oxygens (including phenoxy) is 12. The van der Waals surface area contributed by atoms with E-state index in [9.17, 15) is 95.5 Å². The third-order valence-electron chi connectivity index (χ3n) is 17.6. The molecule has 0 bridgehead atoms. The molecule has 5 amide bonds. The van der Waals surface area contributed by atoms with Crippen molar-refractivity contribution in [2.45, 2.75) is 270 Å². The van der Waals surface area contributed by atoms with E-state index in [1.807, 2.05) is 0 Å². The highest BCUT2D eigenvalue weighted by atomic mass is 16.8. The van der Waals surface area contributed by atoms with E-state index in [1.54, 1.807) is 12.1 Å². The molecule has 558 valence electrons. The smallest absolute Gasteiger partial charge is 0.251 e. The van der Waals surface area contributed by atoms with Crippen molar-refractivity contribution < 1.29 is 152 Å². The van der Waals surface area contributed by atoms with Crippen LogP contribution in [0, 0.1) is 0 Å². The van der Waals surface area contributed by atoms with Crippen LogP contribution >= 0.6 is 0 Å². The number of nitrogens with one attached hydrogen (secondary N) is 5. The van der Waals surface area contributed by atoms with Gasteiger partial charge in [0.25, 0.3) is 5.91 Å². The van der Waals surface area contributed by atoms with Gasteiger partial charge in [0, 0.05) is 33.3 Å². The average molecular weight is 1410 g/mol. The second-order valence-electron chi connectivity index (χ2n) is 25.1. The molecule has 36 heteroatoms. The van der Waals surface area contributed by atoms with E-state index < -0.39 is 246 Å². The van der Waals surface area contributed by atoms with Gasteiger partial charge >= 0.3 is 0 Å². The van der Waals surface area contributed by atoms with Crippen LogP contribution in [0.4, 0.5) is 0 Å². The molecule has 98 heavy (non-hydrogen) atoms. The molecule has 6 heterocycles. The summed E-state index contributed by atoms with van der Waals surface area (Å²) >= 11 is 0. The summed E-state index contributed by atoms with van der Waals surface area (Å²) in [5, 5.41) is 168. The van der Waals surface area contributed by atoms with Gasteiger partial charge < -0.3 is 155 Å². The molecule has 6 aliphatic heterocycles. The zero-order chi connectivity index (χ0) is 71.8. The Kier molecular flexibility index (Phi) is 31.1. The maximum Gasteiger partial charge on any atom is 0.251 e. The molecule has 25 unspecified atom stereocenters. The van der Waals surface area contributed by atoms with E-state index in [4.69, 9.17) is 56.8 Å². The monoisotopic (exact) mass is 1410 g/mol. The molecule has 19 N–H and O–H groups in total. The van der Waals surface area contributed by atoms with Crippen LogP contribution in [0.5, 0.6) is 5.75 Å². The molecule has 0 spiro atoms. The van der Waals surface area contributed by atoms with Crippen LogP contribution in [0.15, 0.2) is 36.4 Å². The summed E-state index contributed by atoms with van der Waals surface area (Å²) in [4.78, 5) is 65.0. The first-order valence-corrected chi connectivity index (χ1v) is 32.8. The molecule has 7 rings (SSSR count). The number of benzene rings is 1. The number of aliphatic hydroxyl groups excluding tert-OH is 14. The van der Waals surface area contributed by atoms with Crippen molar-refractivity contribution in [1.82, 2.24) is 26.6 Å². The normalized spacial score (nSPS) is 39.9. The lowest BCUT2D eigenvalue weighted by Gasteiger charge is -2.51. The predicted molar refractivity (Wildman–Crippen MR) is 328 cm³/mol. The van der Waals surface area contributed by atoms with Crippen molar-refractivity contribution in [3.63, 3.8) is 0 Å². The maximum atomic E-state index is 13.9. The van der Waals surface area contributed by atoms with Crippen LogP contribution in [-0.2, 0) is 71.3 Å². The minimum Gasteiger partial charge on any atom is -0.494 e. The lowest BCUT2D eigenvalue weighted by Crippen LogP contribution is -2.72. The Balaban J connectivity index is 1.07. The second kappa shape index (κ2) is 37.9. The molecule has 6 fully saturated rings. The predicted octanol–water partition coefficient (Wildman–Crippen LogP) is -7.37. The van der Waals surface area contributed by atoms with Gasteiger partial charge in [-0.3, -0.25) is 24.0 Å². The molecular formula is C62H99N5O31. The summed E-state index contributed by atoms with van der Waals surface area (Å²) in [6, 6.07) is -2.52. The Morgan fingerprint density at radius 3 is 1.34 bits per heavy atom. The third kappa shape index (κ3) is 20.5. The van der Waals surface area contributed by atoms with Crippen LogP contribution in [0.2, 0.25) is 0 Å². The van der Waals surface area contributed by atoms with Gasteiger partial charge in [-0.25, -0.2) is 0 Å². The first-order valence-electron chi connectivity index (χ1n) is 32.8. The molecule has 1 aromatic carbocycles. The Labute approximate surface area is 564 Å². The van der Waals surface area contributed by atoms with Crippen LogP contribution in [0.25, 0.3) is 0 Å². The van der Waals surface area contributed by atoms with Crippen molar-refractivity contribution in [2.75, 3.05) is 39.6 Å². The van der Waals surface area contributed by atoms with Crippen molar-refractivity contribution in [3.8, 4) is 5.75 Å². The lowest BCUT2D eigenvalue weighted by atomic mass is 9.93. The molecule has 0 aromatic heterocycles. The van der Waals surface area contributed by atoms with Crippen LogP contribution in [0.1, 0.15) is 96.8 Å². The number of aliphatic hydroxyl groups is 14. The van der Waals surface area contributed by atoms with Crippen LogP contribution in [0.3, 0.4) is 0 Å². The Bertz CT molecular complexity index is 2710. The second-order valence-corrected chi connectivity index (χ2v) is 25.1. The molecule has 6 saturated heterocycles. The summed E-state index contributed by atoms with van der Waals surface area (Å²) in [6.07, 6.45) is -33.6. The molecule has 6 aliphatic rings. The zero-order valence-corrected chi connectivity index (χ0v) is 55.2. The first-order chi connectivity index (χ1) is 46.7. The minimum absolute atomic E-state index is 0.0454. The fraction of sp³-hybridized carbons (Fsp3) is 0.790. The molecule has 30 atom stereocenters. The number of rotatable bonds is 31. The van der Waals surface area contributed by atoms with Gasteiger partial charge in [-0.05, 0) is 50.8 Å². The number of allylic oxidation sites excluding steroid dienone is 2. The molecule has 36 nitrogen and oxygen atoms in total. The summed E-state index contributed by atoms with van der Waals surface area (Å²) < 4.78 is 71.9. The van der Waals surface area contributed by atoms with Crippen molar-refractivity contribution in [1.29, 1.82) is 0 Å². The van der Waals surface area contributed by atoms with Gasteiger partial charge in [0.1, 0.15) is 146 Å². The number of unbranched alkanes of at least 4 members (excludes halogenated alkanes) is 5. The summed E-state index contributed by atoms with van der Waals surface area (Å²) in [7, 11) is 0. The molecule has 0 aliphatic carbocycles. The average Bonchev–Trinajstić information content (AvgIpc) is 0.772. The summed E-state index contributed by atoms with van der Waals surface area (Å²) in [6.45, 7) is 3.29. The fourth-order valence-electron chi connectivity index (χ4n) is 12.4. The minimum atomic E-state index is -2.07. The van der Waals surface area contributed by atoms with Crippen LogP contribution in [-0.4, -0.2) is 325 Å². The first kappa shape index (κ1) is 80.4. The van der Waals surface area contributed by atoms with Gasteiger partial charge in [-0.2, -0.15) is 0 Å². The van der Waals surface area contributed by atoms with E-state index in [-0.39, 0.29) is 5.56 Å². The quantitative estimate of drug-likeness (QED) is 0.0243. The summed E-state index contributed by atoms with van der Waals surface area (Å²) in [5.41, 5.74) is 0.0454. The number of carbonyl (C=O) groups is 5. The number of hydrogen-bond acceptors (Lipinski definition) is 31. The number of amides is 5. The number of hydrogen-bond donors (Lipinski definition) is 19. The Hall–Kier alpha value is -4.89. The zero-order valence-electron chi connectivity index (χ0n) is 55.2. The van der Waals surface area contributed by atoms with Crippen molar-refractivity contribution in [3.05, 3.63) is 42.0 Å². The van der Waals surface area contributed by atoms with Gasteiger partial charge in [0.05, 0.1) is 45.7 Å². The van der Waals surface area contributed by atoms with E-state index in [0.29, 0.717) is 18.8 Å². The molecular weight excluding hydrogens is 1310 g/mol. The van der Waals surface area contributed by atoms with Crippen molar-refractivity contribution >= 4 is 29.5 Å². The molecule has 0 radical (unpaired) electrons. The highest BCUT2D eigenvalue weighted by Gasteiger charge is 2.58. The largest absolute Gasteiger partial charge is 0.494 e.